The average Bonchev–Trinajstić information content (AvgIpc) is 3.30. The van der Waals surface area contributed by atoms with E-state index in [2.05, 4.69) is 131 Å². The molecule has 0 aliphatic carbocycles. The van der Waals surface area contributed by atoms with E-state index in [1.54, 1.807) is 0 Å². The van der Waals surface area contributed by atoms with Crippen LogP contribution in [0.5, 0.6) is 0 Å². The van der Waals surface area contributed by atoms with Crippen LogP contribution in [0.1, 0.15) is 62.3 Å². The zero-order valence-electron chi connectivity index (χ0n) is 19.4. The lowest BCUT2D eigenvalue weighted by Crippen LogP contribution is -2.26. The molecule has 3 aromatic rings. The van der Waals surface area contributed by atoms with Gasteiger partial charge in [0.2, 0.25) is 0 Å². The Balaban J connectivity index is 2.22. The summed E-state index contributed by atoms with van der Waals surface area (Å²) in [5.74, 6) is 0. The molecule has 0 aromatic carbocycles. The van der Waals surface area contributed by atoms with Gasteiger partial charge in [-0.1, -0.05) is 11.8 Å². The summed E-state index contributed by atoms with van der Waals surface area (Å²) in [6.07, 6.45) is 13.3. The second kappa shape index (κ2) is 7.03. The van der Waals surface area contributed by atoms with Crippen molar-refractivity contribution in [1.29, 1.82) is 0 Å². The first-order valence-corrected chi connectivity index (χ1v) is 13.1. The van der Waals surface area contributed by atoms with Gasteiger partial charge in [0.25, 0.3) is 0 Å². The largest absolute Gasteiger partial charge is 0.348 e. The molecule has 0 N–H and O–H groups in total. The van der Waals surface area contributed by atoms with Gasteiger partial charge < -0.3 is 13.7 Å². The molecule has 0 saturated heterocycles. The molecule has 0 fully saturated rings. The lowest BCUT2D eigenvalue weighted by Gasteiger charge is -2.25. The van der Waals surface area contributed by atoms with Gasteiger partial charge in [0.1, 0.15) is 0 Å². The maximum atomic E-state index is 6.58. The quantitative estimate of drug-likeness (QED) is 0.528. The Bertz CT molecular complexity index is 911. The minimum Gasteiger partial charge on any atom is -0.348 e. The first-order valence-electron chi connectivity index (χ1n) is 10.3. The molecular weight excluding hydrogens is 393 g/mol. The topological polar surface area (TPSA) is 14.8 Å². The molecule has 29 heavy (non-hydrogen) atoms. The van der Waals surface area contributed by atoms with E-state index >= 15 is 0 Å². The van der Waals surface area contributed by atoms with Crippen LogP contribution < -0.4 is 15.9 Å². The molecule has 3 aromatic heterocycles. The van der Waals surface area contributed by atoms with E-state index < -0.39 is 6.04 Å². The number of rotatable bonds is 3. The second-order valence-electron chi connectivity index (χ2n) is 11.0. The predicted molar refractivity (Wildman–Crippen MR) is 131 cm³/mol. The second-order valence-corrected chi connectivity index (χ2v) is 15.4. The molecule has 0 amide bonds. The smallest absolute Gasteiger partial charge is 0.0424 e. The van der Waals surface area contributed by atoms with E-state index in [0.29, 0.717) is 0 Å². The van der Waals surface area contributed by atoms with Crippen LogP contribution >= 0.6 is 6.04 Å². The Morgan fingerprint density at radius 2 is 0.793 bits per heavy atom. The Morgan fingerprint density at radius 1 is 0.552 bits per heavy atom. The summed E-state index contributed by atoms with van der Waals surface area (Å²) in [4.78, 5) is 0. The van der Waals surface area contributed by atoms with Crippen LogP contribution in [0.3, 0.4) is 0 Å². The summed E-state index contributed by atoms with van der Waals surface area (Å²) in [5.41, 5.74) is 0.104. The molecule has 5 heteroatoms. The summed E-state index contributed by atoms with van der Waals surface area (Å²) in [5, 5.41) is 3.75. The first-order chi connectivity index (χ1) is 13.1. The van der Waals surface area contributed by atoms with Crippen molar-refractivity contribution in [2.45, 2.75) is 78.9 Å². The van der Waals surface area contributed by atoms with Crippen LogP contribution in [0.15, 0.2) is 55.4 Å². The van der Waals surface area contributed by atoms with Crippen LogP contribution in [-0.4, -0.2) is 13.7 Å². The van der Waals surface area contributed by atoms with Crippen molar-refractivity contribution in [1.82, 2.24) is 13.7 Å². The first kappa shape index (κ1) is 22.2. The average molecular weight is 430 g/mol. The van der Waals surface area contributed by atoms with E-state index in [0.717, 1.165) is 0 Å². The number of hydrogen-bond acceptors (Lipinski definition) is 1. The third kappa shape index (κ3) is 4.20. The van der Waals surface area contributed by atoms with Crippen LogP contribution in [0.4, 0.5) is 0 Å². The SMILES string of the molecule is CC(C)(C)n1ccc(P(=S)(c2ccn(C(C)(C)C)c2)c2ccn(C(C)(C)C)c2)c1. The van der Waals surface area contributed by atoms with Crippen LogP contribution in [-0.2, 0) is 28.4 Å². The molecule has 0 aliphatic heterocycles. The van der Waals surface area contributed by atoms with Crippen molar-refractivity contribution in [3.63, 3.8) is 0 Å². The summed E-state index contributed by atoms with van der Waals surface area (Å²) in [7, 11) is 0. The molecule has 0 atom stereocenters. The van der Waals surface area contributed by atoms with E-state index in [-0.39, 0.29) is 16.6 Å². The zero-order valence-corrected chi connectivity index (χ0v) is 21.1. The molecule has 3 nitrogen and oxygen atoms in total. The molecule has 0 radical (unpaired) electrons. The third-order valence-corrected chi connectivity index (χ3v) is 10.3. The van der Waals surface area contributed by atoms with E-state index in [9.17, 15) is 0 Å². The molecule has 0 aliphatic rings. The Labute approximate surface area is 181 Å². The molecule has 158 valence electrons. The van der Waals surface area contributed by atoms with Gasteiger partial charge >= 0.3 is 0 Å². The number of aromatic nitrogens is 3. The monoisotopic (exact) mass is 429 g/mol. The highest BCUT2D eigenvalue weighted by Crippen LogP contribution is 2.44. The van der Waals surface area contributed by atoms with Gasteiger partial charge in [-0.25, -0.2) is 0 Å². The van der Waals surface area contributed by atoms with Crippen molar-refractivity contribution >= 4 is 33.8 Å². The van der Waals surface area contributed by atoms with Gasteiger partial charge in [-0.05, 0) is 80.5 Å². The van der Waals surface area contributed by atoms with Gasteiger partial charge in [-0.3, -0.25) is 0 Å². The molecule has 0 spiro atoms. The van der Waals surface area contributed by atoms with Gasteiger partial charge in [0.05, 0.1) is 0 Å². The Hall–Kier alpha value is -1.51. The lowest BCUT2D eigenvalue weighted by atomic mass is 10.1. The maximum absolute atomic E-state index is 6.58. The number of nitrogens with zero attached hydrogens (tertiary/aromatic N) is 3. The van der Waals surface area contributed by atoms with Gasteiger partial charge in [0.15, 0.2) is 0 Å². The van der Waals surface area contributed by atoms with Crippen molar-refractivity contribution < 1.29 is 0 Å². The van der Waals surface area contributed by atoms with Crippen LogP contribution in [0.25, 0.3) is 0 Å². The Morgan fingerprint density at radius 3 is 0.966 bits per heavy atom. The van der Waals surface area contributed by atoms with Crippen molar-refractivity contribution in [3.05, 3.63) is 55.4 Å². The minimum atomic E-state index is -2.15. The van der Waals surface area contributed by atoms with E-state index in [1.807, 2.05) is 0 Å². The fourth-order valence-electron chi connectivity index (χ4n) is 3.41. The fourth-order valence-corrected chi connectivity index (χ4v) is 6.97. The molecule has 0 saturated carbocycles. The highest BCUT2D eigenvalue weighted by molar-refractivity contribution is 8.25. The summed E-state index contributed by atoms with van der Waals surface area (Å²) >= 11 is 6.58. The number of hydrogen-bond donors (Lipinski definition) is 0. The van der Waals surface area contributed by atoms with Crippen molar-refractivity contribution in [2.75, 3.05) is 0 Å². The molecule has 3 heterocycles. The molecular formula is C24H36N3PS. The van der Waals surface area contributed by atoms with Crippen LogP contribution in [0, 0.1) is 0 Å². The zero-order chi connectivity index (χ0) is 21.8. The maximum Gasteiger partial charge on any atom is 0.0424 e. The minimum absolute atomic E-state index is 0.0348. The van der Waals surface area contributed by atoms with Crippen molar-refractivity contribution in [3.8, 4) is 0 Å². The molecule has 3 rings (SSSR count). The van der Waals surface area contributed by atoms with Crippen LogP contribution in [0.2, 0.25) is 0 Å². The highest BCUT2D eigenvalue weighted by atomic mass is 32.4. The standard InChI is InChI=1S/C24H36N3PS/c1-22(2,3)25-13-10-19(16-25)28(29,20-11-14-26(17-20)23(4,5)6)21-12-15-27(18-21)24(7,8)9/h10-18H,1-9H3. The summed E-state index contributed by atoms with van der Waals surface area (Å²) in [6.45, 7) is 20.1. The lowest BCUT2D eigenvalue weighted by molar-refractivity contribution is 0.399. The normalized spacial score (nSPS) is 13.8. The predicted octanol–water partition coefficient (Wildman–Crippen LogP) is 5.11. The molecule has 0 bridgehead atoms. The van der Waals surface area contributed by atoms with Crippen molar-refractivity contribution in [2.24, 2.45) is 0 Å². The van der Waals surface area contributed by atoms with Gasteiger partial charge in [-0.15, -0.1) is 0 Å². The molecule has 0 unspecified atom stereocenters. The van der Waals surface area contributed by atoms with Gasteiger partial charge in [-0.2, -0.15) is 0 Å². The Kier molecular flexibility index (Phi) is 5.37. The highest BCUT2D eigenvalue weighted by Gasteiger charge is 2.30. The summed E-state index contributed by atoms with van der Waals surface area (Å²) < 4.78 is 6.85. The van der Waals surface area contributed by atoms with E-state index in [4.69, 9.17) is 11.8 Å². The fraction of sp³-hybridized carbons (Fsp3) is 0.500. The van der Waals surface area contributed by atoms with Gasteiger partial charge in [0, 0.05) is 75.7 Å². The summed E-state index contributed by atoms with van der Waals surface area (Å²) in [6, 6.07) is 4.54. The van der Waals surface area contributed by atoms with E-state index in [1.165, 1.54) is 15.9 Å². The third-order valence-electron chi connectivity index (χ3n) is 5.45.